The number of rotatable bonds is 8. The number of nitrogens with one attached hydrogen (secondary N) is 1. The van der Waals surface area contributed by atoms with E-state index < -0.39 is 11.9 Å². The van der Waals surface area contributed by atoms with Crippen molar-refractivity contribution in [3.05, 3.63) is 35.9 Å². The molecule has 0 aromatic heterocycles. The summed E-state index contributed by atoms with van der Waals surface area (Å²) in [6.07, 6.45) is 1.59. The Kier molecular flexibility index (Phi) is 6.73. The summed E-state index contributed by atoms with van der Waals surface area (Å²) in [5, 5.41) is 12.0. The van der Waals surface area contributed by atoms with Gasteiger partial charge in [-0.15, -0.1) is 0 Å². The van der Waals surface area contributed by atoms with Crippen molar-refractivity contribution < 1.29 is 14.7 Å². The highest BCUT2D eigenvalue weighted by atomic mass is 16.4. The van der Waals surface area contributed by atoms with Gasteiger partial charge in [0.1, 0.15) is 0 Å². The maximum Gasteiger partial charge on any atom is 0.312 e. The molecule has 1 amide bonds. The van der Waals surface area contributed by atoms with Crippen molar-refractivity contribution >= 4 is 11.9 Å². The van der Waals surface area contributed by atoms with Gasteiger partial charge in [0.15, 0.2) is 0 Å². The summed E-state index contributed by atoms with van der Waals surface area (Å²) >= 11 is 0. The van der Waals surface area contributed by atoms with Crippen LogP contribution in [0.2, 0.25) is 0 Å². The van der Waals surface area contributed by atoms with E-state index in [2.05, 4.69) is 5.32 Å². The zero-order chi connectivity index (χ0) is 15.0. The topological polar surface area (TPSA) is 92.4 Å². The monoisotopic (exact) mass is 278 g/mol. The fourth-order valence-corrected chi connectivity index (χ4v) is 2.08. The van der Waals surface area contributed by atoms with Crippen molar-refractivity contribution in [1.82, 2.24) is 5.32 Å². The highest BCUT2D eigenvalue weighted by Gasteiger charge is 2.22. The minimum atomic E-state index is -0.948. The molecule has 0 aliphatic carbocycles. The molecule has 5 heteroatoms. The van der Waals surface area contributed by atoms with E-state index in [-0.39, 0.29) is 24.9 Å². The summed E-state index contributed by atoms with van der Waals surface area (Å²) in [5.74, 6) is -2.10. The van der Waals surface area contributed by atoms with Crippen molar-refractivity contribution in [2.75, 3.05) is 13.1 Å². The molecule has 0 heterocycles. The number of hydrogen-bond donors (Lipinski definition) is 3. The summed E-state index contributed by atoms with van der Waals surface area (Å²) in [6, 6.07) is 8.89. The Balaban J connectivity index is 2.64. The van der Waals surface area contributed by atoms with Crippen molar-refractivity contribution in [2.24, 2.45) is 11.7 Å². The van der Waals surface area contributed by atoms with Crippen LogP contribution >= 0.6 is 0 Å². The lowest BCUT2D eigenvalue weighted by Crippen LogP contribution is -2.38. The Morgan fingerprint density at radius 1 is 1.30 bits per heavy atom. The third-order valence-electron chi connectivity index (χ3n) is 3.27. The molecule has 1 aromatic carbocycles. The molecule has 0 saturated heterocycles. The highest BCUT2D eigenvalue weighted by Crippen LogP contribution is 2.15. The van der Waals surface area contributed by atoms with Crippen molar-refractivity contribution in [3.63, 3.8) is 0 Å². The number of carboxylic acid groups (broad SMARTS) is 1. The normalized spacial score (nSPS) is 13.5. The molecule has 1 rings (SSSR count). The third-order valence-corrected chi connectivity index (χ3v) is 3.27. The maximum atomic E-state index is 11.9. The standard InChI is InChI=1S/C15H22N2O3/c1-2-6-12(9-16)14(18)17-10-13(15(19)20)11-7-4-3-5-8-11/h3-5,7-8,12-13H,2,6,9-10,16H2,1H3,(H,17,18)(H,19,20). The van der Waals surface area contributed by atoms with Crippen molar-refractivity contribution in [1.29, 1.82) is 0 Å². The molecule has 0 saturated carbocycles. The molecule has 4 N–H and O–H groups in total. The Bertz CT molecular complexity index is 434. The SMILES string of the molecule is CCCC(CN)C(=O)NCC(C(=O)O)c1ccccc1. The van der Waals surface area contributed by atoms with Gasteiger partial charge >= 0.3 is 5.97 Å². The largest absolute Gasteiger partial charge is 0.481 e. The average Bonchev–Trinajstić information content (AvgIpc) is 2.45. The number of carbonyl (C=O) groups excluding carboxylic acids is 1. The number of carbonyl (C=O) groups is 2. The van der Waals surface area contributed by atoms with Gasteiger partial charge in [-0.25, -0.2) is 0 Å². The highest BCUT2D eigenvalue weighted by molar-refractivity contribution is 5.81. The lowest BCUT2D eigenvalue weighted by Gasteiger charge is -2.17. The first kappa shape index (κ1) is 16.2. The van der Waals surface area contributed by atoms with Crippen LogP contribution < -0.4 is 11.1 Å². The van der Waals surface area contributed by atoms with Crippen LogP contribution in [-0.2, 0) is 9.59 Å². The number of benzene rings is 1. The van der Waals surface area contributed by atoms with Gasteiger partial charge in [0.05, 0.1) is 11.8 Å². The number of nitrogens with two attached hydrogens (primary N) is 1. The molecule has 0 aliphatic rings. The van der Waals surface area contributed by atoms with E-state index >= 15 is 0 Å². The number of hydrogen-bond acceptors (Lipinski definition) is 3. The number of carboxylic acids is 1. The maximum absolute atomic E-state index is 11.9. The fraction of sp³-hybridized carbons (Fsp3) is 0.467. The molecule has 0 bridgehead atoms. The van der Waals surface area contributed by atoms with E-state index in [1.807, 2.05) is 13.0 Å². The zero-order valence-electron chi connectivity index (χ0n) is 11.7. The molecule has 0 aliphatic heterocycles. The number of amides is 1. The van der Waals surface area contributed by atoms with Crippen LogP contribution in [0, 0.1) is 5.92 Å². The van der Waals surface area contributed by atoms with E-state index in [0.717, 1.165) is 6.42 Å². The second-order valence-electron chi connectivity index (χ2n) is 4.77. The molecule has 0 spiro atoms. The van der Waals surface area contributed by atoms with E-state index in [4.69, 9.17) is 5.73 Å². The molecular formula is C15H22N2O3. The molecule has 110 valence electrons. The van der Waals surface area contributed by atoms with Crippen LogP contribution in [-0.4, -0.2) is 30.1 Å². The molecule has 2 unspecified atom stereocenters. The summed E-state index contributed by atoms with van der Waals surface area (Å²) in [4.78, 5) is 23.2. The van der Waals surface area contributed by atoms with Crippen LogP contribution in [0.4, 0.5) is 0 Å². The summed E-state index contributed by atoms with van der Waals surface area (Å²) in [7, 11) is 0. The first-order valence-electron chi connectivity index (χ1n) is 6.85. The van der Waals surface area contributed by atoms with Crippen LogP contribution in [0.5, 0.6) is 0 Å². The second-order valence-corrected chi connectivity index (χ2v) is 4.77. The Labute approximate surface area is 119 Å². The predicted molar refractivity (Wildman–Crippen MR) is 77.3 cm³/mol. The second kappa shape index (κ2) is 8.32. The van der Waals surface area contributed by atoms with Gasteiger partial charge in [-0.1, -0.05) is 43.7 Å². The quantitative estimate of drug-likeness (QED) is 0.669. The minimum Gasteiger partial charge on any atom is -0.481 e. The van der Waals surface area contributed by atoms with Gasteiger partial charge in [0.2, 0.25) is 5.91 Å². The summed E-state index contributed by atoms with van der Waals surface area (Å²) in [6.45, 7) is 2.35. The van der Waals surface area contributed by atoms with Gasteiger partial charge in [-0.2, -0.15) is 0 Å². The first-order valence-corrected chi connectivity index (χ1v) is 6.85. The first-order chi connectivity index (χ1) is 9.60. The van der Waals surface area contributed by atoms with Crippen LogP contribution in [0.1, 0.15) is 31.2 Å². The van der Waals surface area contributed by atoms with Gasteiger partial charge in [-0.05, 0) is 12.0 Å². The third kappa shape index (κ3) is 4.66. The van der Waals surface area contributed by atoms with E-state index in [1.165, 1.54) is 0 Å². The van der Waals surface area contributed by atoms with E-state index in [1.54, 1.807) is 24.3 Å². The smallest absolute Gasteiger partial charge is 0.312 e. The molecule has 0 radical (unpaired) electrons. The van der Waals surface area contributed by atoms with E-state index in [9.17, 15) is 14.7 Å². The van der Waals surface area contributed by atoms with Crippen LogP contribution in [0.25, 0.3) is 0 Å². The van der Waals surface area contributed by atoms with Crippen molar-refractivity contribution in [2.45, 2.75) is 25.7 Å². The molecule has 2 atom stereocenters. The van der Waals surface area contributed by atoms with Gasteiger partial charge in [-0.3, -0.25) is 9.59 Å². The summed E-state index contributed by atoms with van der Waals surface area (Å²) < 4.78 is 0. The lowest BCUT2D eigenvalue weighted by molar-refractivity contribution is -0.138. The average molecular weight is 278 g/mol. The molecule has 0 fully saturated rings. The molecule has 1 aromatic rings. The predicted octanol–water partition coefficient (Wildman–Crippen LogP) is 1.35. The molecular weight excluding hydrogens is 256 g/mol. The van der Waals surface area contributed by atoms with Gasteiger partial charge < -0.3 is 16.2 Å². The Hall–Kier alpha value is -1.88. The van der Waals surface area contributed by atoms with Crippen molar-refractivity contribution in [3.8, 4) is 0 Å². The van der Waals surface area contributed by atoms with Gasteiger partial charge in [0, 0.05) is 13.1 Å². The molecule has 20 heavy (non-hydrogen) atoms. The number of aliphatic carboxylic acids is 1. The molecule has 5 nitrogen and oxygen atoms in total. The van der Waals surface area contributed by atoms with E-state index in [0.29, 0.717) is 12.0 Å². The zero-order valence-corrected chi connectivity index (χ0v) is 11.7. The Morgan fingerprint density at radius 3 is 2.45 bits per heavy atom. The fourth-order valence-electron chi connectivity index (χ4n) is 2.08. The summed E-state index contributed by atoms with van der Waals surface area (Å²) in [5.41, 5.74) is 6.24. The van der Waals surface area contributed by atoms with Crippen LogP contribution in [0.3, 0.4) is 0 Å². The van der Waals surface area contributed by atoms with Crippen LogP contribution in [0.15, 0.2) is 30.3 Å². The lowest BCUT2D eigenvalue weighted by atomic mass is 9.98. The Morgan fingerprint density at radius 2 is 1.95 bits per heavy atom. The van der Waals surface area contributed by atoms with Gasteiger partial charge in [0.25, 0.3) is 0 Å². The minimum absolute atomic E-state index is 0.0817.